The molecule has 5 heterocycles. The summed E-state index contributed by atoms with van der Waals surface area (Å²) in [5, 5.41) is 6.60. The minimum absolute atomic E-state index is 0.0265. The summed E-state index contributed by atoms with van der Waals surface area (Å²) in [5.41, 5.74) is -4.79. The van der Waals surface area contributed by atoms with Crippen molar-refractivity contribution in [2.24, 2.45) is 17.8 Å². The maximum atomic E-state index is 15.2. The van der Waals surface area contributed by atoms with Gasteiger partial charge in [-0.1, -0.05) is 44.6 Å². The molecule has 4 amide bonds. The summed E-state index contributed by atoms with van der Waals surface area (Å²) in [6.45, 7) is 2.42. The number of carbonyl (C=O) groups excluding carboxylic acids is 4. The Morgan fingerprint density at radius 2 is 1.78 bits per heavy atom. The van der Waals surface area contributed by atoms with E-state index in [0.717, 1.165) is 17.0 Å². The first-order valence-corrected chi connectivity index (χ1v) is 25.3. The molecule has 3 aromatic rings. The quantitative estimate of drug-likeness (QED) is 0.136. The Bertz CT molecular complexity index is 2540. The number of amides is 4. The Morgan fingerprint density at radius 3 is 2.42 bits per heavy atom. The number of sulfonamides is 1. The topological polar surface area (TPSA) is 195 Å². The van der Waals surface area contributed by atoms with Crippen LogP contribution in [-0.4, -0.2) is 108 Å². The lowest BCUT2D eigenvalue weighted by atomic mass is 9.85. The maximum absolute atomic E-state index is 15.2. The molecule has 8 rings (SSSR count). The van der Waals surface area contributed by atoms with E-state index >= 15 is 4.79 Å². The number of pyridine rings is 1. The van der Waals surface area contributed by atoms with Gasteiger partial charge in [0.15, 0.2) is 0 Å². The predicted molar refractivity (Wildman–Crippen MR) is 238 cm³/mol. The molecule has 69 heavy (non-hydrogen) atoms. The van der Waals surface area contributed by atoms with Crippen LogP contribution in [0.15, 0.2) is 60.1 Å². The number of nitrogens with one attached hydrogen (secondary N) is 3. The smallest absolute Gasteiger partial charge is 0.430 e. The molecule has 3 aliphatic heterocycles. The number of rotatable bonds is 10. The van der Waals surface area contributed by atoms with Crippen LogP contribution in [0.1, 0.15) is 83.6 Å². The van der Waals surface area contributed by atoms with Crippen LogP contribution in [0.3, 0.4) is 0 Å². The Kier molecular flexibility index (Phi) is 14.1. The number of carbonyl (C=O) groups is 4. The summed E-state index contributed by atoms with van der Waals surface area (Å²) < 4.78 is 129. The number of nitrogens with zero attached hydrogens (tertiary/aromatic N) is 3. The van der Waals surface area contributed by atoms with E-state index < -0.39 is 111 Å². The van der Waals surface area contributed by atoms with Crippen molar-refractivity contribution in [2.45, 2.75) is 125 Å². The Labute approximate surface area is 398 Å². The van der Waals surface area contributed by atoms with Crippen LogP contribution in [0.5, 0.6) is 5.75 Å². The number of allylic oxidation sites excluding steroid dienone is 1. The third-order valence-electron chi connectivity index (χ3n) is 13.5. The molecule has 2 saturated heterocycles. The van der Waals surface area contributed by atoms with E-state index in [9.17, 15) is 49.1 Å². The summed E-state index contributed by atoms with van der Waals surface area (Å²) in [6, 6.07) is 4.34. The molecule has 2 saturated carbocycles. The molecule has 5 aliphatic rings. The molecule has 0 radical (unpaired) electrons. The molecule has 2 aromatic heterocycles. The molecule has 1 aromatic carbocycles. The number of alkyl carbamates (subject to hydrolysis) is 1. The van der Waals surface area contributed by atoms with Crippen molar-refractivity contribution < 1.29 is 68.1 Å². The van der Waals surface area contributed by atoms with E-state index in [0.29, 0.717) is 48.4 Å². The molecular formula is C46H52F6N6O9S2. The van der Waals surface area contributed by atoms with Crippen molar-refractivity contribution >= 4 is 45.2 Å². The maximum Gasteiger partial charge on any atom is 0.430 e. The summed E-state index contributed by atoms with van der Waals surface area (Å²) in [4.78, 5) is 67.8. The molecule has 23 heteroatoms. The molecule has 3 N–H and O–H groups in total. The van der Waals surface area contributed by atoms with Gasteiger partial charge in [0.2, 0.25) is 27.4 Å². The minimum atomic E-state index is -5.02. The van der Waals surface area contributed by atoms with Gasteiger partial charge in [0.25, 0.3) is 5.91 Å². The average Bonchev–Trinajstić information content (AvgIpc) is 4.16. The zero-order valence-corrected chi connectivity index (χ0v) is 39.2. The predicted octanol–water partition coefficient (Wildman–Crippen LogP) is 7.33. The van der Waals surface area contributed by atoms with Gasteiger partial charge in [0.05, 0.1) is 29.7 Å². The second kappa shape index (κ2) is 19.5. The van der Waals surface area contributed by atoms with E-state index in [4.69, 9.17) is 14.2 Å². The second-order valence-electron chi connectivity index (χ2n) is 18.6. The fraction of sp³-hybridized carbons (Fsp3) is 0.565. The summed E-state index contributed by atoms with van der Waals surface area (Å²) in [6.07, 6.45) is -5.50. The first-order valence-electron chi connectivity index (χ1n) is 22.9. The number of benzene rings is 1. The van der Waals surface area contributed by atoms with Crippen molar-refractivity contribution in [3.8, 4) is 27.7 Å². The summed E-state index contributed by atoms with van der Waals surface area (Å²) >= 11 is 1.23. The van der Waals surface area contributed by atoms with Gasteiger partial charge < -0.3 is 29.7 Å². The van der Waals surface area contributed by atoms with Crippen molar-refractivity contribution in [3.05, 3.63) is 65.7 Å². The van der Waals surface area contributed by atoms with E-state index in [1.807, 2.05) is 13.0 Å². The van der Waals surface area contributed by atoms with Crippen molar-refractivity contribution in [1.29, 1.82) is 0 Å². The number of aromatic nitrogens is 2. The van der Waals surface area contributed by atoms with E-state index in [-0.39, 0.29) is 56.2 Å². The van der Waals surface area contributed by atoms with Crippen LogP contribution >= 0.6 is 11.3 Å². The van der Waals surface area contributed by atoms with Crippen LogP contribution in [0.2, 0.25) is 0 Å². The Morgan fingerprint density at radius 1 is 1.04 bits per heavy atom. The number of hydrogen-bond acceptors (Lipinski definition) is 12. The largest absolute Gasteiger partial charge is 0.488 e. The lowest BCUT2D eigenvalue weighted by molar-refractivity contribution is -0.285. The highest BCUT2D eigenvalue weighted by Crippen LogP contribution is 2.47. The molecule has 2 aliphatic carbocycles. The zero-order valence-electron chi connectivity index (χ0n) is 37.6. The molecular weight excluding hydrogens is 959 g/mol. The van der Waals surface area contributed by atoms with Crippen LogP contribution in [0.4, 0.5) is 31.1 Å². The van der Waals surface area contributed by atoms with Gasteiger partial charge in [-0.3, -0.25) is 19.1 Å². The number of alkyl halides is 6. The lowest BCUT2D eigenvalue weighted by Gasteiger charge is -2.39. The zero-order chi connectivity index (χ0) is 49.5. The number of ether oxygens (including phenoxy) is 3. The van der Waals surface area contributed by atoms with Gasteiger partial charge >= 0.3 is 18.4 Å². The Balaban J connectivity index is 1.15. The second-order valence-corrected chi connectivity index (χ2v) is 21.4. The van der Waals surface area contributed by atoms with E-state index in [1.165, 1.54) is 41.8 Å². The highest BCUT2D eigenvalue weighted by Gasteiger charge is 2.63. The van der Waals surface area contributed by atoms with Crippen molar-refractivity contribution in [1.82, 2.24) is 30.2 Å². The van der Waals surface area contributed by atoms with Gasteiger partial charge in [-0.05, 0) is 68.9 Å². The van der Waals surface area contributed by atoms with E-state index in [1.54, 1.807) is 18.4 Å². The van der Waals surface area contributed by atoms with E-state index in [2.05, 4.69) is 25.3 Å². The first-order chi connectivity index (χ1) is 32.6. The lowest BCUT2D eigenvalue weighted by Crippen LogP contribution is -2.60. The van der Waals surface area contributed by atoms with Crippen molar-refractivity contribution in [3.63, 3.8) is 0 Å². The molecule has 4 fully saturated rings. The van der Waals surface area contributed by atoms with Crippen LogP contribution in [0.25, 0.3) is 22.0 Å². The minimum Gasteiger partial charge on any atom is -0.488 e. The van der Waals surface area contributed by atoms with Crippen LogP contribution < -0.4 is 20.1 Å². The number of fused-ring (bicyclic) bond motifs is 2. The SMILES string of the molecule is CCC1CC(C)CCC=CC2CC2(C(=O)NS(=O)(=O)C2CC2)NC(=O)C2CC(Oc3cc(-c4ccc(C(F)(F)F)cc4)nc(-c4nccs4)c3)CN2C(=O)C1NC(=O)OC1(C(F)(F)F)CCCOC1. The van der Waals surface area contributed by atoms with Gasteiger partial charge in [-0.15, -0.1) is 11.3 Å². The van der Waals surface area contributed by atoms with Gasteiger partial charge in [0.1, 0.15) is 40.2 Å². The number of halogens is 6. The number of hydrogen-bond donors (Lipinski definition) is 3. The molecule has 15 nitrogen and oxygen atoms in total. The monoisotopic (exact) mass is 1010 g/mol. The normalized spacial score (nSPS) is 29.1. The highest BCUT2D eigenvalue weighted by atomic mass is 32.2. The van der Waals surface area contributed by atoms with Crippen LogP contribution in [0, 0.1) is 17.8 Å². The summed E-state index contributed by atoms with van der Waals surface area (Å²) in [5.74, 6) is -3.93. The highest BCUT2D eigenvalue weighted by molar-refractivity contribution is 7.91. The Hall–Kier alpha value is -5.29. The van der Waals surface area contributed by atoms with Crippen LogP contribution in [-0.2, 0) is 40.1 Å². The molecule has 8 atom stereocenters. The fourth-order valence-corrected chi connectivity index (χ4v) is 11.3. The number of thiazole rings is 1. The standard InChI is InChI=1S/C46H52F6N6O9S2/c1-3-27-19-26(2)7-4-5-8-30-23-44(30,41(61)57-69(63,64)33-13-14-33)56-38(59)36-22-32(24-58(36)40(60)37(27)55-42(62)67-43(46(50,51)52)15-6-17-65-25-43)66-31-20-34(54-35(21-31)39-53-16-18-68-39)28-9-11-29(12-10-28)45(47,48)49/h5,8-12,16,18,20-21,26-27,30,32-33,36-37H,3-4,6-7,13-15,17,19,22-25H2,1-2H3,(H,55,62)(H,56,59)(H,57,61). The fourth-order valence-electron chi connectivity index (χ4n) is 9.38. The molecule has 374 valence electrons. The summed E-state index contributed by atoms with van der Waals surface area (Å²) in [7, 11) is -4.06. The molecule has 8 unspecified atom stereocenters. The third kappa shape index (κ3) is 11.0. The molecule has 0 spiro atoms. The molecule has 0 bridgehead atoms. The van der Waals surface area contributed by atoms with Gasteiger partial charge in [-0.2, -0.15) is 26.3 Å². The van der Waals surface area contributed by atoms with Gasteiger partial charge in [-0.25, -0.2) is 23.2 Å². The first kappa shape index (κ1) is 50.1. The third-order valence-corrected chi connectivity index (χ3v) is 16.1. The van der Waals surface area contributed by atoms with Crippen molar-refractivity contribution in [2.75, 3.05) is 19.8 Å². The average molecular weight is 1010 g/mol. The van der Waals surface area contributed by atoms with Gasteiger partial charge in [0, 0.05) is 54.6 Å².